The van der Waals surface area contributed by atoms with Crippen molar-refractivity contribution in [3.8, 4) is 11.5 Å². The number of hydrogen-bond acceptors (Lipinski definition) is 6. The molecule has 1 aromatic heterocycles. The molecular formula is C34H38N2O6. The Bertz CT molecular complexity index is 1570. The summed E-state index contributed by atoms with van der Waals surface area (Å²) in [5.41, 5.74) is 2.90. The highest BCUT2D eigenvalue weighted by molar-refractivity contribution is 5.97. The Morgan fingerprint density at radius 2 is 1.57 bits per heavy atom. The van der Waals surface area contributed by atoms with Crippen LogP contribution in [0.4, 0.5) is 0 Å². The minimum Gasteiger partial charge on any atom is -0.497 e. The Hall–Kier alpha value is -4.59. The van der Waals surface area contributed by atoms with Crippen LogP contribution in [-0.2, 0) is 17.9 Å². The zero-order valence-electron chi connectivity index (χ0n) is 24.9. The summed E-state index contributed by atoms with van der Waals surface area (Å²) in [5.74, 6) is 0.700. The Balaban J connectivity index is 1.66. The summed E-state index contributed by atoms with van der Waals surface area (Å²) in [6, 6.07) is 20.0. The fraction of sp³-hybridized carbons (Fsp3) is 0.324. The van der Waals surface area contributed by atoms with E-state index in [9.17, 15) is 14.4 Å². The van der Waals surface area contributed by atoms with Crippen LogP contribution in [0.3, 0.4) is 0 Å². The molecule has 0 spiro atoms. The van der Waals surface area contributed by atoms with Gasteiger partial charge in [0.05, 0.1) is 38.0 Å². The Labute approximate surface area is 246 Å². The quantitative estimate of drug-likeness (QED) is 0.213. The molecule has 0 fully saturated rings. The highest BCUT2D eigenvalue weighted by Gasteiger charge is 2.25. The molecule has 8 nitrogen and oxygen atoms in total. The summed E-state index contributed by atoms with van der Waals surface area (Å²) in [4.78, 5) is 44.3. The number of ether oxygens (including phenoxy) is 2. The summed E-state index contributed by atoms with van der Waals surface area (Å²) in [7, 11) is 3.05. The molecule has 0 saturated heterocycles. The summed E-state index contributed by atoms with van der Waals surface area (Å²) in [6.07, 6.45) is 2.14. The van der Waals surface area contributed by atoms with Gasteiger partial charge in [-0.25, -0.2) is 0 Å². The first-order valence-corrected chi connectivity index (χ1v) is 14.0. The standard InChI is InChI=1S/C34H38N2O6/c1-23(2)13-14-35(34(39)26-16-28(40-4)18-29(17-26)41-5)21-32(37)36(19-25-9-7-6-8-10-25)20-27-22-42-31-12-11-24(3)15-30(31)33(27)38/h6-12,15-18,22-23H,13-14,19-21H2,1-5H3. The molecule has 0 aliphatic carbocycles. The molecule has 8 heteroatoms. The Kier molecular flexibility index (Phi) is 10.0. The zero-order chi connectivity index (χ0) is 30.2. The van der Waals surface area contributed by atoms with Gasteiger partial charge in [-0.1, -0.05) is 55.8 Å². The predicted octanol–water partition coefficient (Wildman–Crippen LogP) is 5.84. The minimum absolute atomic E-state index is 0.0408. The number of nitrogens with zero attached hydrogens (tertiary/aromatic N) is 2. The third-order valence-corrected chi connectivity index (χ3v) is 7.12. The van der Waals surface area contributed by atoms with Crippen molar-refractivity contribution in [1.82, 2.24) is 9.80 Å². The minimum atomic E-state index is -0.304. The number of carbonyl (C=O) groups is 2. The molecule has 0 atom stereocenters. The fourth-order valence-electron chi connectivity index (χ4n) is 4.68. The first-order chi connectivity index (χ1) is 20.2. The van der Waals surface area contributed by atoms with Crippen LogP contribution in [0.1, 0.15) is 47.3 Å². The lowest BCUT2D eigenvalue weighted by Crippen LogP contribution is -2.43. The summed E-state index contributed by atoms with van der Waals surface area (Å²) in [5, 5.41) is 0.473. The molecule has 220 valence electrons. The van der Waals surface area contributed by atoms with Gasteiger partial charge >= 0.3 is 0 Å². The maximum Gasteiger partial charge on any atom is 0.254 e. The van der Waals surface area contributed by atoms with Crippen molar-refractivity contribution in [1.29, 1.82) is 0 Å². The van der Waals surface area contributed by atoms with E-state index in [2.05, 4.69) is 13.8 Å². The van der Waals surface area contributed by atoms with Crippen LogP contribution >= 0.6 is 0 Å². The summed E-state index contributed by atoms with van der Waals surface area (Å²) in [6.45, 7) is 6.60. The molecule has 0 radical (unpaired) electrons. The van der Waals surface area contributed by atoms with Gasteiger partial charge < -0.3 is 23.7 Å². The third-order valence-electron chi connectivity index (χ3n) is 7.12. The van der Waals surface area contributed by atoms with E-state index < -0.39 is 0 Å². The van der Waals surface area contributed by atoms with Gasteiger partial charge in [-0.3, -0.25) is 14.4 Å². The van der Waals surface area contributed by atoms with Gasteiger partial charge in [0.15, 0.2) is 5.43 Å². The average Bonchev–Trinajstić information content (AvgIpc) is 3.00. The maximum atomic E-state index is 14.0. The average molecular weight is 571 g/mol. The number of benzene rings is 3. The second-order valence-corrected chi connectivity index (χ2v) is 10.8. The molecule has 0 bridgehead atoms. The second-order valence-electron chi connectivity index (χ2n) is 10.8. The van der Waals surface area contributed by atoms with Crippen molar-refractivity contribution >= 4 is 22.8 Å². The number of hydrogen-bond donors (Lipinski definition) is 0. The van der Waals surface area contributed by atoms with E-state index in [4.69, 9.17) is 13.9 Å². The van der Waals surface area contributed by atoms with Crippen molar-refractivity contribution in [2.75, 3.05) is 27.3 Å². The van der Waals surface area contributed by atoms with E-state index in [0.717, 1.165) is 11.1 Å². The van der Waals surface area contributed by atoms with Crippen LogP contribution in [0, 0.1) is 12.8 Å². The lowest BCUT2D eigenvalue weighted by atomic mass is 10.1. The van der Waals surface area contributed by atoms with Crippen LogP contribution in [0.25, 0.3) is 11.0 Å². The molecule has 0 aliphatic rings. The Morgan fingerprint density at radius 1 is 0.881 bits per heavy atom. The van der Waals surface area contributed by atoms with Crippen LogP contribution in [0.15, 0.2) is 82.2 Å². The van der Waals surface area contributed by atoms with E-state index >= 15 is 0 Å². The van der Waals surface area contributed by atoms with Gasteiger partial charge in [0.25, 0.3) is 5.91 Å². The molecule has 3 aromatic carbocycles. The number of methoxy groups -OCH3 is 2. The topological polar surface area (TPSA) is 89.3 Å². The van der Waals surface area contributed by atoms with Gasteiger partial charge in [0.1, 0.15) is 23.6 Å². The van der Waals surface area contributed by atoms with Crippen molar-refractivity contribution in [3.63, 3.8) is 0 Å². The molecule has 4 aromatic rings. The van der Waals surface area contributed by atoms with Crippen molar-refractivity contribution < 1.29 is 23.5 Å². The maximum absolute atomic E-state index is 14.0. The molecule has 2 amide bonds. The van der Waals surface area contributed by atoms with Crippen molar-refractivity contribution in [3.05, 3.63) is 105 Å². The van der Waals surface area contributed by atoms with Crippen molar-refractivity contribution in [2.45, 2.75) is 40.3 Å². The van der Waals surface area contributed by atoms with Gasteiger partial charge in [0.2, 0.25) is 5.91 Å². The molecule has 0 unspecified atom stereocenters. The summed E-state index contributed by atoms with van der Waals surface area (Å²) < 4.78 is 16.5. The first-order valence-electron chi connectivity index (χ1n) is 14.0. The molecular weight excluding hydrogens is 532 g/mol. The highest BCUT2D eigenvalue weighted by atomic mass is 16.5. The van der Waals surface area contributed by atoms with E-state index in [-0.39, 0.29) is 36.9 Å². The van der Waals surface area contributed by atoms with Gasteiger partial charge in [-0.15, -0.1) is 0 Å². The molecule has 4 rings (SSSR count). The monoisotopic (exact) mass is 570 g/mol. The number of fused-ring (bicyclic) bond motifs is 1. The van der Waals surface area contributed by atoms with E-state index in [1.54, 1.807) is 40.1 Å². The van der Waals surface area contributed by atoms with E-state index in [0.29, 0.717) is 52.5 Å². The smallest absolute Gasteiger partial charge is 0.254 e. The largest absolute Gasteiger partial charge is 0.497 e. The molecule has 42 heavy (non-hydrogen) atoms. The van der Waals surface area contributed by atoms with Crippen LogP contribution < -0.4 is 14.9 Å². The third kappa shape index (κ3) is 7.57. The molecule has 0 N–H and O–H groups in total. The second kappa shape index (κ2) is 13.9. The van der Waals surface area contributed by atoms with Gasteiger partial charge in [-0.05, 0) is 49.1 Å². The van der Waals surface area contributed by atoms with E-state index in [1.807, 2.05) is 43.3 Å². The molecule has 1 heterocycles. The molecule has 0 aliphatic heterocycles. The lowest BCUT2D eigenvalue weighted by molar-refractivity contribution is -0.133. The zero-order valence-corrected chi connectivity index (χ0v) is 24.9. The summed E-state index contributed by atoms with van der Waals surface area (Å²) >= 11 is 0. The number of carbonyl (C=O) groups excluding carboxylic acids is 2. The number of rotatable bonds is 12. The van der Waals surface area contributed by atoms with E-state index in [1.165, 1.54) is 20.5 Å². The normalized spacial score (nSPS) is 11.0. The lowest BCUT2D eigenvalue weighted by Gasteiger charge is -2.28. The highest BCUT2D eigenvalue weighted by Crippen LogP contribution is 2.24. The molecule has 0 saturated carbocycles. The Morgan fingerprint density at radius 3 is 2.21 bits per heavy atom. The van der Waals surface area contributed by atoms with Crippen molar-refractivity contribution in [2.24, 2.45) is 5.92 Å². The number of amides is 2. The number of aryl methyl sites for hydroxylation is 1. The van der Waals surface area contributed by atoms with Crippen LogP contribution in [-0.4, -0.2) is 48.9 Å². The predicted molar refractivity (Wildman–Crippen MR) is 163 cm³/mol. The fourth-order valence-corrected chi connectivity index (χ4v) is 4.68. The van der Waals surface area contributed by atoms with Crippen LogP contribution in [0.2, 0.25) is 0 Å². The SMILES string of the molecule is COc1cc(OC)cc(C(=O)N(CCC(C)C)CC(=O)N(Cc2ccccc2)Cc2coc3ccc(C)cc3c2=O)c1. The first kappa shape index (κ1) is 30.4. The van der Waals surface area contributed by atoms with Crippen LogP contribution in [0.5, 0.6) is 11.5 Å². The van der Waals surface area contributed by atoms with Gasteiger partial charge in [0, 0.05) is 24.7 Å². The van der Waals surface area contributed by atoms with Gasteiger partial charge in [-0.2, -0.15) is 0 Å².